The van der Waals surface area contributed by atoms with Gasteiger partial charge in [0.1, 0.15) is 5.82 Å². The summed E-state index contributed by atoms with van der Waals surface area (Å²) in [7, 11) is -7.60. The Morgan fingerprint density at radius 2 is 1.64 bits per heavy atom. The van der Waals surface area contributed by atoms with Crippen molar-refractivity contribution in [1.82, 2.24) is 0 Å². The van der Waals surface area contributed by atoms with E-state index in [0.29, 0.717) is 5.56 Å². The molecule has 2 rings (SSSR count). The summed E-state index contributed by atoms with van der Waals surface area (Å²) in [6, 6.07) is 10.2. The first-order valence-electron chi connectivity index (χ1n) is 6.03. The Bertz CT molecular complexity index is 879. The molecular formula is C13H13FN2O4S2. The van der Waals surface area contributed by atoms with Crippen molar-refractivity contribution in [1.29, 1.82) is 0 Å². The quantitative estimate of drug-likeness (QED) is 0.855. The van der Waals surface area contributed by atoms with E-state index in [-0.39, 0.29) is 10.6 Å². The van der Waals surface area contributed by atoms with Crippen LogP contribution in [0, 0.1) is 5.82 Å². The second-order valence-electron chi connectivity index (χ2n) is 4.57. The molecule has 0 atom stereocenters. The molecular weight excluding hydrogens is 331 g/mol. The Kier molecular flexibility index (Phi) is 4.50. The topological polar surface area (TPSA) is 106 Å². The molecule has 0 saturated heterocycles. The number of halogens is 1. The summed E-state index contributed by atoms with van der Waals surface area (Å²) in [6.07, 6.45) is 0. The molecule has 0 bridgehead atoms. The first kappa shape index (κ1) is 16.4. The fraction of sp³-hybridized carbons (Fsp3) is 0.0769. The lowest BCUT2D eigenvalue weighted by Gasteiger charge is -2.09. The van der Waals surface area contributed by atoms with Crippen molar-refractivity contribution in [2.24, 2.45) is 5.14 Å². The van der Waals surface area contributed by atoms with Gasteiger partial charge in [0.05, 0.1) is 10.6 Å². The largest absolute Gasteiger partial charge is 0.280 e. The van der Waals surface area contributed by atoms with E-state index in [4.69, 9.17) is 5.14 Å². The van der Waals surface area contributed by atoms with Gasteiger partial charge in [-0.1, -0.05) is 12.1 Å². The van der Waals surface area contributed by atoms with Crippen LogP contribution in [0.5, 0.6) is 0 Å². The van der Waals surface area contributed by atoms with Crippen molar-refractivity contribution in [3.05, 3.63) is 59.9 Å². The molecule has 22 heavy (non-hydrogen) atoms. The van der Waals surface area contributed by atoms with Gasteiger partial charge < -0.3 is 0 Å². The zero-order valence-corrected chi connectivity index (χ0v) is 12.9. The van der Waals surface area contributed by atoms with Gasteiger partial charge in [-0.05, 0) is 42.0 Å². The SMILES string of the molecule is NS(=O)(=O)Cc1cccc(NS(=O)(=O)c2ccc(F)cc2)c1. The maximum Gasteiger partial charge on any atom is 0.261 e. The number of benzene rings is 2. The summed E-state index contributed by atoms with van der Waals surface area (Å²) >= 11 is 0. The molecule has 0 unspecified atom stereocenters. The van der Waals surface area contributed by atoms with Gasteiger partial charge in [0.25, 0.3) is 10.0 Å². The van der Waals surface area contributed by atoms with Gasteiger partial charge in [0.15, 0.2) is 0 Å². The second kappa shape index (κ2) is 6.03. The molecule has 0 heterocycles. The molecule has 2 aromatic rings. The molecule has 3 N–H and O–H groups in total. The van der Waals surface area contributed by atoms with Gasteiger partial charge in [-0.3, -0.25) is 4.72 Å². The normalized spacial score (nSPS) is 12.1. The van der Waals surface area contributed by atoms with Crippen LogP contribution in [0.15, 0.2) is 53.4 Å². The minimum Gasteiger partial charge on any atom is -0.280 e. The Balaban J connectivity index is 2.26. The van der Waals surface area contributed by atoms with Crippen molar-refractivity contribution in [2.45, 2.75) is 10.6 Å². The molecule has 0 amide bonds. The first-order valence-corrected chi connectivity index (χ1v) is 9.23. The lowest BCUT2D eigenvalue weighted by atomic mass is 10.2. The van der Waals surface area contributed by atoms with Crippen LogP contribution >= 0.6 is 0 Å². The average Bonchev–Trinajstić information content (AvgIpc) is 2.37. The van der Waals surface area contributed by atoms with Crippen molar-refractivity contribution in [3.63, 3.8) is 0 Å². The fourth-order valence-corrected chi connectivity index (χ4v) is 3.48. The van der Waals surface area contributed by atoms with Crippen molar-refractivity contribution in [2.75, 3.05) is 4.72 Å². The Labute approximate surface area is 127 Å². The van der Waals surface area contributed by atoms with E-state index in [2.05, 4.69) is 4.72 Å². The predicted molar refractivity (Wildman–Crippen MR) is 80.5 cm³/mol. The highest BCUT2D eigenvalue weighted by Gasteiger charge is 2.14. The minimum absolute atomic E-state index is 0.106. The maximum atomic E-state index is 12.8. The van der Waals surface area contributed by atoms with Crippen LogP contribution in [-0.4, -0.2) is 16.8 Å². The number of rotatable bonds is 5. The molecule has 0 saturated carbocycles. The molecule has 9 heteroatoms. The predicted octanol–water partition coefficient (Wildman–Crippen LogP) is 1.42. The second-order valence-corrected chi connectivity index (χ2v) is 7.86. The third-order valence-corrected chi connectivity index (χ3v) is 4.80. The fourth-order valence-electron chi connectivity index (χ4n) is 1.78. The van der Waals surface area contributed by atoms with Gasteiger partial charge in [-0.2, -0.15) is 0 Å². The molecule has 0 aliphatic heterocycles. The molecule has 2 aromatic carbocycles. The summed E-state index contributed by atoms with van der Waals surface area (Å²) in [5.74, 6) is -0.951. The highest BCUT2D eigenvalue weighted by atomic mass is 32.2. The smallest absolute Gasteiger partial charge is 0.261 e. The molecule has 0 aliphatic rings. The van der Waals surface area contributed by atoms with E-state index in [0.717, 1.165) is 24.3 Å². The van der Waals surface area contributed by atoms with E-state index in [1.165, 1.54) is 24.3 Å². The van der Waals surface area contributed by atoms with Gasteiger partial charge in [0, 0.05) is 5.69 Å². The van der Waals surface area contributed by atoms with E-state index < -0.39 is 31.6 Å². The molecule has 118 valence electrons. The standard InChI is InChI=1S/C13H13FN2O4S2/c14-11-4-6-13(7-5-11)22(19,20)16-12-3-1-2-10(8-12)9-21(15,17)18/h1-8,16H,9H2,(H2,15,17,18). The highest BCUT2D eigenvalue weighted by molar-refractivity contribution is 7.92. The summed E-state index contributed by atoms with van der Waals surface area (Å²) in [5.41, 5.74) is 0.535. The van der Waals surface area contributed by atoms with Crippen LogP contribution in [0.4, 0.5) is 10.1 Å². The molecule has 0 radical (unpaired) electrons. The third-order valence-electron chi connectivity index (χ3n) is 2.67. The Morgan fingerprint density at radius 3 is 2.23 bits per heavy atom. The number of sulfonamides is 2. The number of nitrogens with one attached hydrogen (secondary N) is 1. The van der Waals surface area contributed by atoms with E-state index in [9.17, 15) is 21.2 Å². The minimum atomic E-state index is -3.89. The highest BCUT2D eigenvalue weighted by Crippen LogP contribution is 2.18. The lowest BCUT2D eigenvalue weighted by Crippen LogP contribution is -2.15. The van der Waals surface area contributed by atoms with Crippen molar-refractivity contribution < 1.29 is 21.2 Å². The monoisotopic (exact) mass is 344 g/mol. The Hall–Kier alpha value is -1.97. The van der Waals surface area contributed by atoms with Gasteiger partial charge >= 0.3 is 0 Å². The molecule has 0 spiro atoms. The number of hydrogen-bond acceptors (Lipinski definition) is 4. The number of anilines is 1. The number of hydrogen-bond donors (Lipinski definition) is 2. The van der Waals surface area contributed by atoms with Crippen LogP contribution in [-0.2, 0) is 25.8 Å². The van der Waals surface area contributed by atoms with E-state index in [1.807, 2.05) is 0 Å². The number of nitrogens with two attached hydrogens (primary N) is 1. The summed E-state index contributed by atoms with van der Waals surface area (Å²) in [5, 5.41) is 4.95. The van der Waals surface area contributed by atoms with Crippen LogP contribution in [0.25, 0.3) is 0 Å². The Morgan fingerprint density at radius 1 is 1.00 bits per heavy atom. The van der Waals surface area contributed by atoms with Crippen LogP contribution in [0.3, 0.4) is 0 Å². The van der Waals surface area contributed by atoms with E-state index in [1.54, 1.807) is 0 Å². The van der Waals surface area contributed by atoms with Crippen LogP contribution in [0.1, 0.15) is 5.56 Å². The zero-order valence-electron chi connectivity index (χ0n) is 11.2. The molecule has 0 aliphatic carbocycles. The van der Waals surface area contributed by atoms with Crippen LogP contribution in [0.2, 0.25) is 0 Å². The third kappa shape index (κ3) is 4.52. The molecule has 0 fully saturated rings. The number of primary sulfonamides is 1. The van der Waals surface area contributed by atoms with Crippen molar-refractivity contribution in [3.8, 4) is 0 Å². The molecule has 0 aromatic heterocycles. The van der Waals surface area contributed by atoms with Gasteiger partial charge in [-0.25, -0.2) is 26.4 Å². The average molecular weight is 344 g/mol. The zero-order chi connectivity index (χ0) is 16.4. The summed E-state index contributed by atoms with van der Waals surface area (Å²) < 4.78 is 61.5. The molecule has 6 nitrogen and oxygen atoms in total. The van der Waals surface area contributed by atoms with Crippen LogP contribution < -0.4 is 9.86 Å². The maximum absolute atomic E-state index is 12.8. The lowest BCUT2D eigenvalue weighted by molar-refractivity contribution is 0.596. The van der Waals surface area contributed by atoms with Gasteiger partial charge in [-0.15, -0.1) is 0 Å². The summed E-state index contributed by atoms with van der Waals surface area (Å²) in [4.78, 5) is -0.106. The summed E-state index contributed by atoms with van der Waals surface area (Å²) in [6.45, 7) is 0. The van der Waals surface area contributed by atoms with Crippen molar-refractivity contribution >= 4 is 25.7 Å². The van der Waals surface area contributed by atoms with E-state index >= 15 is 0 Å². The van der Waals surface area contributed by atoms with Gasteiger partial charge in [0.2, 0.25) is 10.0 Å². The first-order chi connectivity index (χ1) is 10.2.